The Labute approximate surface area is 92.5 Å². The van der Waals surface area contributed by atoms with Crippen LogP contribution in [0.25, 0.3) is 0 Å². The van der Waals surface area contributed by atoms with Crippen molar-refractivity contribution >= 4 is 5.91 Å². The third kappa shape index (κ3) is 3.34. The first-order valence-corrected chi connectivity index (χ1v) is 5.58. The summed E-state index contributed by atoms with van der Waals surface area (Å²) in [7, 11) is 2.01. The average Bonchev–Trinajstić information content (AvgIpc) is 2.61. The second kappa shape index (κ2) is 4.79. The molecule has 1 aliphatic rings. The number of hydrogen-bond donors (Lipinski definition) is 1. The normalized spacial score (nSPS) is 22.7. The zero-order chi connectivity index (χ0) is 11.5. The van der Waals surface area contributed by atoms with Gasteiger partial charge in [0.15, 0.2) is 0 Å². The smallest absolute Gasteiger partial charge is 0.237 e. The molecule has 1 amide bonds. The van der Waals surface area contributed by atoms with Gasteiger partial charge in [-0.05, 0) is 31.8 Å². The highest BCUT2D eigenvalue weighted by atomic mass is 16.2. The van der Waals surface area contributed by atoms with E-state index in [-0.39, 0.29) is 17.4 Å². The van der Waals surface area contributed by atoms with E-state index < -0.39 is 0 Å². The number of likely N-dealkylation sites (tertiary alicyclic amines) is 1. The van der Waals surface area contributed by atoms with Crippen LogP contribution in [0, 0.1) is 5.41 Å². The van der Waals surface area contributed by atoms with E-state index in [0.717, 1.165) is 19.4 Å². The standard InChI is InChI=1S/C12H22N2O/c1-5-12(2,3)9-13-11(15)10-7-6-8-14(10)4/h5,10H,1,6-9H2,2-4H3,(H,13,15)/t10-/m0/s1. The summed E-state index contributed by atoms with van der Waals surface area (Å²) in [6, 6.07) is 0.0746. The van der Waals surface area contributed by atoms with Gasteiger partial charge in [-0.2, -0.15) is 0 Å². The topological polar surface area (TPSA) is 32.3 Å². The Bertz CT molecular complexity index is 248. The van der Waals surface area contributed by atoms with E-state index in [1.165, 1.54) is 0 Å². The lowest BCUT2D eigenvalue weighted by atomic mass is 9.94. The largest absolute Gasteiger partial charge is 0.354 e. The van der Waals surface area contributed by atoms with Crippen LogP contribution in [0.4, 0.5) is 0 Å². The molecule has 3 nitrogen and oxygen atoms in total. The number of amides is 1. The maximum absolute atomic E-state index is 11.8. The highest BCUT2D eigenvalue weighted by Crippen LogP contribution is 2.17. The van der Waals surface area contributed by atoms with Gasteiger partial charge in [0, 0.05) is 6.54 Å². The molecular weight excluding hydrogens is 188 g/mol. The summed E-state index contributed by atoms with van der Waals surface area (Å²) in [4.78, 5) is 14.0. The van der Waals surface area contributed by atoms with E-state index in [1.807, 2.05) is 13.1 Å². The summed E-state index contributed by atoms with van der Waals surface area (Å²) in [5, 5.41) is 2.99. The summed E-state index contributed by atoms with van der Waals surface area (Å²) in [5.41, 5.74) is -0.0210. The molecule has 86 valence electrons. The Kier molecular flexibility index (Phi) is 3.91. The van der Waals surface area contributed by atoms with Gasteiger partial charge in [-0.3, -0.25) is 9.69 Å². The van der Waals surface area contributed by atoms with Crippen LogP contribution < -0.4 is 5.32 Å². The number of nitrogens with one attached hydrogen (secondary N) is 1. The molecule has 0 bridgehead atoms. The molecule has 1 saturated heterocycles. The molecular formula is C12H22N2O. The number of carbonyl (C=O) groups excluding carboxylic acids is 1. The second-order valence-electron chi connectivity index (χ2n) is 5.05. The lowest BCUT2D eigenvalue weighted by molar-refractivity contribution is -0.125. The van der Waals surface area contributed by atoms with Crippen LogP contribution in [0.3, 0.4) is 0 Å². The Hall–Kier alpha value is -0.830. The fourth-order valence-corrected chi connectivity index (χ4v) is 1.75. The Morgan fingerprint density at radius 3 is 2.80 bits per heavy atom. The fraction of sp³-hybridized carbons (Fsp3) is 0.750. The minimum absolute atomic E-state index is 0.0210. The molecule has 1 N–H and O–H groups in total. The highest BCUT2D eigenvalue weighted by molar-refractivity contribution is 5.82. The van der Waals surface area contributed by atoms with E-state index >= 15 is 0 Å². The molecule has 1 aliphatic heterocycles. The first-order chi connectivity index (χ1) is 6.96. The van der Waals surface area contributed by atoms with Crippen molar-refractivity contribution in [1.82, 2.24) is 10.2 Å². The van der Waals surface area contributed by atoms with Crippen molar-refractivity contribution in [2.75, 3.05) is 20.1 Å². The van der Waals surface area contributed by atoms with Crippen molar-refractivity contribution in [1.29, 1.82) is 0 Å². The monoisotopic (exact) mass is 210 g/mol. The van der Waals surface area contributed by atoms with Gasteiger partial charge in [-0.15, -0.1) is 6.58 Å². The minimum Gasteiger partial charge on any atom is -0.354 e. The molecule has 0 unspecified atom stereocenters. The number of rotatable bonds is 4. The van der Waals surface area contributed by atoms with Crippen molar-refractivity contribution in [3.8, 4) is 0 Å². The molecule has 0 aromatic rings. The SMILES string of the molecule is C=CC(C)(C)CNC(=O)[C@@H]1CCCN1C. The maximum Gasteiger partial charge on any atom is 0.237 e. The second-order valence-corrected chi connectivity index (χ2v) is 5.05. The van der Waals surface area contributed by atoms with Crippen LogP contribution in [0.2, 0.25) is 0 Å². The highest BCUT2D eigenvalue weighted by Gasteiger charge is 2.28. The third-order valence-corrected chi connectivity index (χ3v) is 3.09. The van der Waals surface area contributed by atoms with Crippen molar-refractivity contribution in [2.45, 2.75) is 32.7 Å². The van der Waals surface area contributed by atoms with E-state index in [2.05, 4.69) is 30.6 Å². The Balaban J connectivity index is 2.39. The lowest BCUT2D eigenvalue weighted by Crippen LogP contribution is -2.44. The molecule has 0 aromatic heterocycles. The summed E-state index contributed by atoms with van der Waals surface area (Å²) in [6.45, 7) is 9.59. The van der Waals surface area contributed by atoms with E-state index in [0.29, 0.717) is 6.54 Å². The van der Waals surface area contributed by atoms with Gasteiger partial charge in [0.1, 0.15) is 0 Å². The van der Waals surface area contributed by atoms with Crippen molar-refractivity contribution < 1.29 is 4.79 Å². The summed E-state index contributed by atoms with van der Waals surface area (Å²) in [6.07, 6.45) is 3.99. The predicted octanol–water partition coefficient (Wildman–Crippen LogP) is 1.41. The van der Waals surface area contributed by atoms with Gasteiger partial charge in [0.05, 0.1) is 6.04 Å². The number of likely N-dealkylation sites (N-methyl/N-ethyl adjacent to an activating group) is 1. The molecule has 15 heavy (non-hydrogen) atoms. The number of carbonyl (C=O) groups is 1. The molecule has 0 spiro atoms. The molecule has 1 rings (SSSR count). The zero-order valence-electron chi connectivity index (χ0n) is 10.0. The first kappa shape index (κ1) is 12.2. The Morgan fingerprint density at radius 2 is 2.33 bits per heavy atom. The van der Waals surface area contributed by atoms with E-state index in [9.17, 15) is 4.79 Å². The van der Waals surface area contributed by atoms with Gasteiger partial charge in [-0.1, -0.05) is 19.9 Å². The predicted molar refractivity (Wildman–Crippen MR) is 62.6 cm³/mol. The average molecular weight is 210 g/mol. The quantitative estimate of drug-likeness (QED) is 0.712. The summed E-state index contributed by atoms with van der Waals surface area (Å²) in [5.74, 6) is 0.157. The maximum atomic E-state index is 11.8. The lowest BCUT2D eigenvalue weighted by Gasteiger charge is -2.23. The number of nitrogens with zero attached hydrogens (tertiary/aromatic N) is 1. The molecule has 0 aliphatic carbocycles. The molecule has 0 aromatic carbocycles. The van der Waals surface area contributed by atoms with E-state index in [4.69, 9.17) is 0 Å². The summed E-state index contributed by atoms with van der Waals surface area (Å²) >= 11 is 0. The van der Waals surface area contributed by atoms with Gasteiger partial charge < -0.3 is 5.32 Å². The van der Waals surface area contributed by atoms with Crippen LogP contribution >= 0.6 is 0 Å². The summed E-state index contributed by atoms with van der Waals surface area (Å²) < 4.78 is 0. The number of hydrogen-bond acceptors (Lipinski definition) is 2. The molecule has 1 atom stereocenters. The van der Waals surface area contributed by atoms with Crippen LogP contribution in [-0.2, 0) is 4.79 Å². The molecule has 1 fully saturated rings. The minimum atomic E-state index is -0.0210. The Morgan fingerprint density at radius 1 is 1.67 bits per heavy atom. The first-order valence-electron chi connectivity index (χ1n) is 5.58. The molecule has 0 saturated carbocycles. The fourth-order valence-electron chi connectivity index (χ4n) is 1.75. The van der Waals surface area contributed by atoms with Crippen molar-refractivity contribution in [3.63, 3.8) is 0 Å². The van der Waals surface area contributed by atoms with Gasteiger partial charge in [0.25, 0.3) is 0 Å². The van der Waals surface area contributed by atoms with E-state index in [1.54, 1.807) is 0 Å². The van der Waals surface area contributed by atoms with Crippen LogP contribution in [0.1, 0.15) is 26.7 Å². The van der Waals surface area contributed by atoms with Gasteiger partial charge in [0.2, 0.25) is 5.91 Å². The van der Waals surface area contributed by atoms with Crippen LogP contribution in [0.15, 0.2) is 12.7 Å². The van der Waals surface area contributed by atoms with Crippen molar-refractivity contribution in [2.24, 2.45) is 5.41 Å². The zero-order valence-corrected chi connectivity index (χ0v) is 10.0. The third-order valence-electron chi connectivity index (χ3n) is 3.09. The molecule has 1 heterocycles. The molecule has 3 heteroatoms. The van der Waals surface area contributed by atoms with Gasteiger partial charge >= 0.3 is 0 Å². The molecule has 0 radical (unpaired) electrons. The van der Waals surface area contributed by atoms with Crippen LogP contribution in [-0.4, -0.2) is 37.0 Å². The van der Waals surface area contributed by atoms with Gasteiger partial charge in [-0.25, -0.2) is 0 Å². The van der Waals surface area contributed by atoms with Crippen LogP contribution in [0.5, 0.6) is 0 Å². The van der Waals surface area contributed by atoms with Crippen molar-refractivity contribution in [3.05, 3.63) is 12.7 Å².